The molecule has 0 saturated heterocycles. The number of amides is 2. The Morgan fingerprint density at radius 3 is 2.50 bits per heavy atom. The number of nitrogen functional groups attached to an aromatic ring is 1. The van der Waals surface area contributed by atoms with Crippen LogP contribution in [-0.4, -0.2) is 35.5 Å². The van der Waals surface area contributed by atoms with Gasteiger partial charge in [-0.05, 0) is 39.3 Å². The van der Waals surface area contributed by atoms with Crippen molar-refractivity contribution in [3.05, 3.63) is 29.3 Å². The summed E-state index contributed by atoms with van der Waals surface area (Å²) in [6, 6.07) is 4.71. The fourth-order valence-electron chi connectivity index (χ4n) is 2.62. The molecule has 2 rings (SSSR count). The zero-order valence-electron chi connectivity index (χ0n) is 12.3. The molecule has 1 aromatic carbocycles. The lowest BCUT2D eigenvalue weighted by Gasteiger charge is -2.30. The number of ether oxygens (including phenoxy) is 1. The minimum Gasteiger partial charge on any atom is -0.398 e. The summed E-state index contributed by atoms with van der Waals surface area (Å²) in [7, 11) is 1.62. The lowest BCUT2D eigenvalue weighted by molar-refractivity contribution is -0.00200. The zero-order valence-corrected chi connectivity index (χ0v) is 12.3. The molecule has 0 saturated carbocycles. The molecule has 0 aromatic heterocycles. The Morgan fingerprint density at radius 2 is 1.95 bits per heavy atom. The van der Waals surface area contributed by atoms with Crippen LogP contribution in [0, 0.1) is 0 Å². The summed E-state index contributed by atoms with van der Waals surface area (Å²) in [5, 5.41) is 0. The number of hydrogen-bond donors (Lipinski definition) is 1. The maximum absolute atomic E-state index is 12.4. The molecular weight excluding hydrogens is 256 g/mol. The number of nitrogens with two attached hydrogens (primary N) is 1. The number of anilines is 1. The third-order valence-electron chi connectivity index (χ3n) is 3.76. The number of hydrogen-bond acceptors (Lipinski definition) is 4. The number of fused-ring (bicyclic) bond motifs is 1. The van der Waals surface area contributed by atoms with E-state index in [9.17, 15) is 9.59 Å². The van der Waals surface area contributed by atoms with Gasteiger partial charge < -0.3 is 10.5 Å². The molecule has 1 atom stereocenters. The second-order valence-electron chi connectivity index (χ2n) is 5.77. The molecule has 1 unspecified atom stereocenters. The van der Waals surface area contributed by atoms with E-state index >= 15 is 0 Å². The SMILES string of the molecule is COC(C)(C)CC(C)N1C(=O)c2cccc(N)c2C1=O. The van der Waals surface area contributed by atoms with Crippen LogP contribution in [-0.2, 0) is 4.74 Å². The maximum atomic E-state index is 12.4. The number of benzene rings is 1. The van der Waals surface area contributed by atoms with Gasteiger partial charge >= 0.3 is 0 Å². The van der Waals surface area contributed by atoms with Crippen LogP contribution in [0.25, 0.3) is 0 Å². The van der Waals surface area contributed by atoms with Crippen molar-refractivity contribution in [3.63, 3.8) is 0 Å². The number of nitrogens with zero attached hydrogens (tertiary/aromatic N) is 1. The molecule has 1 aliphatic rings. The first kappa shape index (κ1) is 14.5. The third kappa shape index (κ3) is 2.29. The van der Waals surface area contributed by atoms with E-state index < -0.39 is 5.60 Å². The molecule has 1 heterocycles. The summed E-state index contributed by atoms with van der Waals surface area (Å²) in [6.45, 7) is 5.70. The highest BCUT2D eigenvalue weighted by Gasteiger charge is 2.41. The molecule has 1 aliphatic heterocycles. The number of methoxy groups -OCH3 is 1. The minimum absolute atomic E-state index is 0.253. The molecular formula is C15H20N2O3. The van der Waals surface area contributed by atoms with Crippen molar-refractivity contribution in [2.45, 2.75) is 38.8 Å². The number of rotatable bonds is 4. The van der Waals surface area contributed by atoms with Crippen LogP contribution >= 0.6 is 0 Å². The topological polar surface area (TPSA) is 72.6 Å². The Kier molecular flexibility index (Phi) is 3.56. The predicted molar refractivity (Wildman–Crippen MR) is 76.5 cm³/mol. The number of imide groups is 1. The molecule has 2 amide bonds. The fourth-order valence-corrected chi connectivity index (χ4v) is 2.62. The van der Waals surface area contributed by atoms with Gasteiger partial charge in [-0.1, -0.05) is 6.07 Å². The summed E-state index contributed by atoms with van der Waals surface area (Å²) in [6.07, 6.45) is 0.564. The van der Waals surface area contributed by atoms with Crippen LogP contribution in [0.15, 0.2) is 18.2 Å². The molecule has 0 fully saturated rings. The molecule has 20 heavy (non-hydrogen) atoms. The van der Waals surface area contributed by atoms with E-state index in [-0.39, 0.29) is 17.9 Å². The first-order chi connectivity index (χ1) is 9.28. The van der Waals surface area contributed by atoms with Gasteiger partial charge in [0.25, 0.3) is 11.8 Å². The second-order valence-corrected chi connectivity index (χ2v) is 5.77. The molecule has 1 aromatic rings. The van der Waals surface area contributed by atoms with Gasteiger partial charge in [0, 0.05) is 18.8 Å². The van der Waals surface area contributed by atoms with Gasteiger partial charge in [-0.3, -0.25) is 14.5 Å². The largest absolute Gasteiger partial charge is 0.398 e. The molecule has 0 radical (unpaired) electrons. The van der Waals surface area contributed by atoms with Crippen LogP contribution in [0.2, 0.25) is 0 Å². The first-order valence-electron chi connectivity index (χ1n) is 6.60. The van der Waals surface area contributed by atoms with Crippen molar-refractivity contribution < 1.29 is 14.3 Å². The van der Waals surface area contributed by atoms with E-state index in [4.69, 9.17) is 10.5 Å². The minimum atomic E-state index is -0.402. The van der Waals surface area contributed by atoms with Gasteiger partial charge in [-0.2, -0.15) is 0 Å². The molecule has 0 bridgehead atoms. The van der Waals surface area contributed by atoms with Crippen LogP contribution in [0.4, 0.5) is 5.69 Å². The van der Waals surface area contributed by atoms with E-state index in [0.29, 0.717) is 23.2 Å². The predicted octanol–water partition coefficient (Wildman–Crippen LogP) is 2.07. The van der Waals surface area contributed by atoms with Gasteiger partial charge in [0.05, 0.1) is 16.7 Å². The quantitative estimate of drug-likeness (QED) is 0.675. The maximum Gasteiger partial charge on any atom is 0.263 e. The van der Waals surface area contributed by atoms with E-state index in [1.54, 1.807) is 25.3 Å². The Hall–Kier alpha value is -1.88. The average molecular weight is 276 g/mol. The Morgan fingerprint density at radius 1 is 1.30 bits per heavy atom. The summed E-state index contributed by atoms with van der Waals surface area (Å²) < 4.78 is 5.37. The Bertz CT molecular complexity index is 566. The lowest BCUT2D eigenvalue weighted by atomic mass is 9.99. The normalized spacial score (nSPS) is 16.5. The zero-order chi connectivity index (χ0) is 15.1. The fraction of sp³-hybridized carbons (Fsp3) is 0.467. The summed E-state index contributed by atoms with van der Waals surface area (Å²) >= 11 is 0. The standard InChI is InChI=1S/C15H20N2O3/c1-9(8-15(2,3)20-4)17-13(18)10-6-5-7-11(16)12(10)14(17)19/h5-7,9H,8,16H2,1-4H3. The van der Waals surface area contributed by atoms with Crippen molar-refractivity contribution in [2.75, 3.05) is 12.8 Å². The average Bonchev–Trinajstić information content (AvgIpc) is 2.62. The van der Waals surface area contributed by atoms with Gasteiger partial charge in [0.2, 0.25) is 0 Å². The summed E-state index contributed by atoms with van der Waals surface area (Å²) in [4.78, 5) is 26.1. The van der Waals surface area contributed by atoms with Crippen LogP contribution in [0.3, 0.4) is 0 Å². The summed E-state index contributed by atoms with van der Waals surface area (Å²) in [5.41, 5.74) is 6.47. The number of carbonyl (C=O) groups excluding carboxylic acids is 2. The molecule has 0 spiro atoms. The molecule has 5 heteroatoms. The van der Waals surface area contributed by atoms with Crippen LogP contribution < -0.4 is 5.73 Å². The van der Waals surface area contributed by atoms with Gasteiger partial charge in [-0.15, -0.1) is 0 Å². The van der Waals surface area contributed by atoms with Crippen LogP contribution in [0.5, 0.6) is 0 Å². The third-order valence-corrected chi connectivity index (χ3v) is 3.76. The van der Waals surface area contributed by atoms with Crippen molar-refractivity contribution in [2.24, 2.45) is 0 Å². The van der Waals surface area contributed by atoms with E-state index in [1.807, 2.05) is 20.8 Å². The lowest BCUT2D eigenvalue weighted by Crippen LogP contribution is -2.42. The van der Waals surface area contributed by atoms with Crippen molar-refractivity contribution in [3.8, 4) is 0 Å². The van der Waals surface area contributed by atoms with E-state index in [1.165, 1.54) is 4.90 Å². The van der Waals surface area contributed by atoms with Gasteiger partial charge in [0.1, 0.15) is 0 Å². The Balaban J connectivity index is 2.31. The molecule has 5 nitrogen and oxygen atoms in total. The second kappa shape index (κ2) is 4.90. The number of carbonyl (C=O) groups is 2. The summed E-state index contributed by atoms with van der Waals surface area (Å²) in [5.74, 6) is -0.598. The van der Waals surface area contributed by atoms with E-state index in [0.717, 1.165) is 0 Å². The first-order valence-corrected chi connectivity index (χ1v) is 6.60. The molecule has 2 N–H and O–H groups in total. The molecule has 0 aliphatic carbocycles. The van der Waals surface area contributed by atoms with Crippen LogP contribution in [0.1, 0.15) is 47.9 Å². The smallest absolute Gasteiger partial charge is 0.263 e. The monoisotopic (exact) mass is 276 g/mol. The van der Waals surface area contributed by atoms with E-state index in [2.05, 4.69) is 0 Å². The molecule has 108 valence electrons. The van der Waals surface area contributed by atoms with Crippen molar-refractivity contribution in [1.82, 2.24) is 4.90 Å². The highest BCUT2D eigenvalue weighted by molar-refractivity contribution is 6.23. The van der Waals surface area contributed by atoms with Crippen molar-refractivity contribution in [1.29, 1.82) is 0 Å². The highest BCUT2D eigenvalue weighted by Crippen LogP contribution is 2.31. The van der Waals surface area contributed by atoms with Gasteiger partial charge in [0.15, 0.2) is 0 Å². The highest BCUT2D eigenvalue weighted by atomic mass is 16.5. The van der Waals surface area contributed by atoms with Gasteiger partial charge in [-0.25, -0.2) is 0 Å². The Labute approximate surface area is 118 Å². The van der Waals surface area contributed by atoms with Crippen molar-refractivity contribution >= 4 is 17.5 Å².